The van der Waals surface area contributed by atoms with Crippen molar-refractivity contribution in [3.63, 3.8) is 0 Å². The maximum atomic E-state index is 12.2. The Morgan fingerprint density at radius 2 is 2.00 bits per heavy atom. The van der Waals surface area contributed by atoms with Gasteiger partial charge in [0.05, 0.1) is 6.42 Å². The Balaban J connectivity index is 1.99. The van der Waals surface area contributed by atoms with Gasteiger partial charge in [0.2, 0.25) is 5.91 Å². The van der Waals surface area contributed by atoms with Gasteiger partial charge in [-0.15, -0.1) is 12.6 Å². The van der Waals surface area contributed by atoms with E-state index in [1.165, 1.54) is 0 Å². The summed E-state index contributed by atoms with van der Waals surface area (Å²) >= 11 is 4.24. The van der Waals surface area contributed by atoms with Crippen LogP contribution in [0.15, 0.2) is 29.2 Å². The van der Waals surface area contributed by atoms with Gasteiger partial charge >= 0.3 is 0 Å². The highest BCUT2D eigenvalue weighted by Gasteiger charge is 2.29. The zero-order valence-electron chi connectivity index (χ0n) is 10.4. The first-order valence-electron chi connectivity index (χ1n) is 6.13. The third-order valence-corrected chi connectivity index (χ3v) is 3.69. The van der Waals surface area contributed by atoms with E-state index in [4.69, 9.17) is 0 Å². The van der Waals surface area contributed by atoms with Gasteiger partial charge in [0.25, 0.3) is 0 Å². The summed E-state index contributed by atoms with van der Waals surface area (Å²) in [7, 11) is 0. The Hall–Kier alpha value is -0.960. The van der Waals surface area contributed by atoms with Gasteiger partial charge in [0, 0.05) is 17.5 Å². The molecule has 92 valence electrons. The molecule has 3 heteroatoms. The van der Waals surface area contributed by atoms with Crippen LogP contribution < -0.4 is 0 Å². The third kappa shape index (κ3) is 3.03. The largest absolute Gasteiger partial charge is 0.339 e. The van der Waals surface area contributed by atoms with Crippen molar-refractivity contribution in [2.75, 3.05) is 6.54 Å². The molecule has 1 aromatic carbocycles. The molecule has 0 aromatic heterocycles. The first kappa shape index (κ1) is 12.5. The molecule has 1 fully saturated rings. The highest BCUT2D eigenvalue weighted by atomic mass is 32.1. The summed E-state index contributed by atoms with van der Waals surface area (Å²) < 4.78 is 0. The zero-order chi connectivity index (χ0) is 12.4. The number of carbonyl (C=O) groups is 1. The summed E-state index contributed by atoms with van der Waals surface area (Å²) in [5, 5.41) is 0. The van der Waals surface area contributed by atoms with Crippen molar-refractivity contribution in [3.8, 4) is 0 Å². The molecule has 1 aliphatic rings. The number of hydrogen-bond acceptors (Lipinski definition) is 2. The van der Waals surface area contributed by atoms with Crippen molar-refractivity contribution in [1.82, 2.24) is 4.90 Å². The minimum atomic E-state index is 0.244. The summed E-state index contributed by atoms with van der Waals surface area (Å²) in [4.78, 5) is 15.1. The molecule has 0 spiro atoms. The van der Waals surface area contributed by atoms with Crippen LogP contribution in [-0.2, 0) is 11.2 Å². The molecule has 1 saturated heterocycles. The zero-order valence-corrected chi connectivity index (χ0v) is 11.3. The van der Waals surface area contributed by atoms with E-state index in [0.29, 0.717) is 18.4 Å². The quantitative estimate of drug-likeness (QED) is 0.799. The van der Waals surface area contributed by atoms with Gasteiger partial charge in [0.1, 0.15) is 0 Å². The Morgan fingerprint density at radius 1 is 1.35 bits per heavy atom. The molecule has 0 saturated carbocycles. The van der Waals surface area contributed by atoms with E-state index >= 15 is 0 Å². The molecule has 1 aliphatic heterocycles. The van der Waals surface area contributed by atoms with E-state index in [9.17, 15) is 4.79 Å². The van der Waals surface area contributed by atoms with Crippen molar-refractivity contribution in [2.24, 2.45) is 5.92 Å². The fourth-order valence-corrected chi connectivity index (χ4v) is 2.69. The number of carbonyl (C=O) groups excluding carboxylic acids is 1. The number of nitrogens with zero attached hydrogens (tertiary/aromatic N) is 1. The maximum Gasteiger partial charge on any atom is 0.227 e. The lowest BCUT2D eigenvalue weighted by Gasteiger charge is -2.21. The van der Waals surface area contributed by atoms with Gasteiger partial charge in [-0.05, 0) is 37.0 Å². The van der Waals surface area contributed by atoms with E-state index in [0.717, 1.165) is 23.4 Å². The number of rotatable bonds is 2. The first-order valence-corrected chi connectivity index (χ1v) is 6.58. The molecule has 17 heavy (non-hydrogen) atoms. The summed E-state index contributed by atoms with van der Waals surface area (Å²) in [6, 6.07) is 8.21. The predicted octanol–water partition coefficient (Wildman–Crippen LogP) is 2.77. The SMILES string of the molecule is CC1CC(C)N(C(=O)Cc2ccc(S)cc2)C1. The van der Waals surface area contributed by atoms with Crippen LogP contribution in [0.2, 0.25) is 0 Å². The molecule has 0 N–H and O–H groups in total. The van der Waals surface area contributed by atoms with Crippen LogP contribution in [0.3, 0.4) is 0 Å². The average molecular weight is 249 g/mol. The van der Waals surface area contributed by atoms with Crippen molar-refractivity contribution in [3.05, 3.63) is 29.8 Å². The van der Waals surface area contributed by atoms with Crippen LogP contribution >= 0.6 is 12.6 Å². The Morgan fingerprint density at radius 3 is 2.53 bits per heavy atom. The predicted molar refractivity (Wildman–Crippen MR) is 72.4 cm³/mol. The minimum Gasteiger partial charge on any atom is -0.339 e. The number of amides is 1. The lowest BCUT2D eigenvalue weighted by Crippen LogP contribution is -2.35. The molecule has 0 aliphatic carbocycles. The first-order chi connectivity index (χ1) is 8.06. The summed E-state index contributed by atoms with van der Waals surface area (Å²) in [5.74, 6) is 0.877. The monoisotopic (exact) mass is 249 g/mol. The molecule has 2 atom stereocenters. The molecule has 2 rings (SSSR count). The van der Waals surface area contributed by atoms with Crippen LogP contribution in [-0.4, -0.2) is 23.4 Å². The van der Waals surface area contributed by atoms with E-state index in [-0.39, 0.29) is 5.91 Å². The second-order valence-electron chi connectivity index (χ2n) is 5.08. The lowest BCUT2D eigenvalue weighted by molar-refractivity contribution is -0.131. The number of likely N-dealkylation sites (tertiary alicyclic amines) is 1. The fourth-order valence-electron chi connectivity index (χ4n) is 2.54. The van der Waals surface area contributed by atoms with E-state index < -0.39 is 0 Å². The molecular weight excluding hydrogens is 230 g/mol. The second-order valence-corrected chi connectivity index (χ2v) is 5.60. The topological polar surface area (TPSA) is 20.3 Å². The fraction of sp³-hybridized carbons (Fsp3) is 0.500. The normalized spacial score (nSPS) is 24.1. The minimum absolute atomic E-state index is 0.244. The van der Waals surface area contributed by atoms with Gasteiger partial charge in [-0.25, -0.2) is 0 Å². The summed E-state index contributed by atoms with van der Waals surface area (Å²) in [5.41, 5.74) is 1.07. The van der Waals surface area contributed by atoms with Crippen LogP contribution in [0.1, 0.15) is 25.8 Å². The van der Waals surface area contributed by atoms with Gasteiger partial charge in [-0.1, -0.05) is 19.1 Å². The van der Waals surface area contributed by atoms with Crippen molar-refractivity contribution < 1.29 is 4.79 Å². The van der Waals surface area contributed by atoms with Crippen LogP contribution in [0.25, 0.3) is 0 Å². The Bertz CT molecular complexity index is 401. The van der Waals surface area contributed by atoms with Crippen molar-refractivity contribution >= 4 is 18.5 Å². The summed E-state index contributed by atoms with van der Waals surface area (Å²) in [6.45, 7) is 5.25. The van der Waals surface area contributed by atoms with Gasteiger partial charge < -0.3 is 4.90 Å². The molecule has 2 unspecified atom stereocenters. The van der Waals surface area contributed by atoms with E-state index in [2.05, 4.69) is 26.5 Å². The standard InChI is InChI=1S/C14H19NOS/c1-10-7-11(2)15(9-10)14(16)8-12-3-5-13(17)6-4-12/h3-6,10-11,17H,7-9H2,1-2H3. The van der Waals surface area contributed by atoms with E-state index in [1.807, 2.05) is 29.2 Å². The molecular formula is C14H19NOS. The molecule has 1 amide bonds. The molecule has 2 nitrogen and oxygen atoms in total. The van der Waals surface area contributed by atoms with Crippen LogP contribution in [0.5, 0.6) is 0 Å². The van der Waals surface area contributed by atoms with Gasteiger partial charge in [-0.3, -0.25) is 4.79 Å². The third-order valence-electron chi connectivity index (χ3n) is 3.40. The van der Waals surface area contributed by atoms with Gasteiger partial charge in [0.15, 0.2) is 0 Å². The Kier molecular flexibility index (Phi) is 3.77. The van der Waals surface area contributed by atoms with Gasteiger partial charge in [-0.2, -0.15) is 0 Å². The van der Waals surface area contributed by atoms with E-state index in [1.54, 1.807) is 0 Å². The molecule has 0 bridgehead atoms. The molecule has 1 aromatic rings. The van der Waals surface area contributed by atoms with Crippen LogP contribution in [0, 0.1) is 5.92 Å². The second kappa shape index (κ2) is 5.13. The molecule has 1 heterocycles. The Labute approximate surface area is 108 Å². The van der Waals surface area contributed by atoms with Crippen molar-refractivity contribution in [2.45, 2.75) is 37.6 Å². The number of hydrogen-bond donors (Lipinski definition) is 1. The van der Waals surface area contributed by atoms with Crippen molar-refractivity contribution in [1.29, 1.82) is 0 Å². The van der Waals surface area contributed by atoms with Crippen LogP contribution in [0.4, 0.5) is 0 Å². The number of thiol groups is 1. The molecule has 0 radical (unpaired) electrons. The smallest absolute Gasteiger partial charge is 0.227 e. The average Bonchev–Trinajstić information content (AvgIpc) is 2.61. The lowest BCUT2D eigenvalue weighted by atomic mass is 10.1. The maximum absolute atomic E-state index is 12.2. The highest BCUT2D eigenvalue weighted by Crippen LogP contribution is 2.23. The number of benzene rings is 1. The highest BCUT2D eigenvalue weighted by molar-refractivity contribution is 7.80. The summed E-state index contributed by atoms with van der Waals surface area (Å²) in [6.07, 6.45) is 1.63.